The second-order valence-corrected chi connectivity index (χ2v) is 9.74. The first-order valence-electron chi connectivity index (χ1n) is 13.3. The van der Waals surface area contributed by atoms with Crippen LogP contribution in [-0.4, -0.2) is 81.7 Å². The molecule has 2 aromatic carbocycles. The van der Waals surface area contributed by atoms with Gasteiger partial charge in [-0.1, -0.05) is 42.5 Å². The van der Waals surface area contributed by atoms with Gasteiger partial charge in [-0.3, -0.25) is 24.2 Å². The Morgan fingerprint density at radius 2 is 1.30 bits per heavy atom. The van der Waals surface area contributed by atoms with Crippen molar-refractivity contribution in [1.82, 2.24) is 16.0 Å². The van der Waals surface area contributed by atoms with Gasteiger partial charge < -0.3 is 48.5 Å². The highest BCUT2D eigenvalue weighted by Gasteiger charge is 2.31. The minimum Gasteiger partial charge on any atom is -0.508 e. The summed E-state index contributed by atoms with van der Waals surface area (Å²) in [6.07, 6.45) is -0.674. The van der Waals surface area contributed by atoms with Crippen LogP contribution in [0.4, 0.5) is 0 Å². The van der Waals surface area contributed by atoms with Crippen LogP contribution < -0.4 is 33.2 Å². The fourth-order valence-corrected chi connectivity index (χ4v) is 4.01. The van der Waals surface area contributed by atoms with E-state index in [-0.39, 0.29) is 43.9 Å². The molecule has 0 spiro atoms. The molecule has 12 N–H and O–H groups in total. The van der Waals surface area contributed by atoms with E-state index in [4.69, 9.17) is 17.2 Å². The van der Waals surface area contributed by atoms with Crippen molar-refractivity contribution in [2.45, 2.75) is 56.3 Å². The number of carboxylic acid groups (broad SMARTS) is 2. The minimum atomic E-state index is -1.61. The number of phenols is 1. The van der Waals surface area contributed by atoms with E-state index >= 15 is 0 Å². The average molecular weight is 600 g/mol. The zero-order valence-corrected chi connectivity index (χ0v) is 23.3. The molecule has 0 aliphatic rings. The first-order valence-corrected chi connectivity index (χ1v) is 13.3. The lowest BCUT2D eigenvalue weighted by Crippen LogP contribution is -2.57. The average Bonchev–Trinajstić information content (AvgIpc) is 2.95. The molecular weight excluding hydrogens is 562 g/mol. The number of benzene rings is 2. The Morgan fingerprint density at radius 3 is 1.88 bits per heavy atom. The van der Waals surface area contributed by atoms with Crippen molar-refractivity contribution in [3.63, 3.8) is 0 Å². The van der Waals surface area contributed by atoms with E-state index in [1.54, 1.807) is 42.5 Å². The number of nitrogens with zero attached hydrogens (tertiary/aromatic N) is 1. The van der Waals surface area contributed by atoms with Crippen LogP contribution in [-0.2, 0) is 36.8 Å². The van der Waals surface area contributed by atoms with Crippen LogP contribution in [0, 0.1) is 0 Å². The molecule has 0 aliphatic heterocycles. The molecule has 15 nitrogen and oxygen atoms in total. The van der Waals surface area contributed by atoms with Gasteiger partial charge in [0.25, 0.3) is 0 Å². The van der Waals surface area contributed by atoms with Gasteiger partial charge in [0.05, 0.1) is 12.5 Å². The Morgan fingerprint density at radius 1 is 0.744 bits per heavy atom. The number of carboxylic acids is 2. The summed E-state index contributed by atoms with van der Waals surface area (Å²) < 4.78 is 0. The van der Waals surface area contributed by atoms with Crippen molar-refractivity contribution in [2.24, 2.45) is 22.2 Å². The van der Waals surface area contributed by atoms with Gasteiger partial charge in [-0.25, -0.2) is 4.79 Å². The van der Waals surface area contributed by atoms with Gasteiger partial charge in [-0.15, -0.1) is 0 Å². The van der Waals surface area contributed by atoms with Crippen LogP contribution >= 0.6 is 0 Å². The number of hydrogen-bond acceptors (Lipinski definition) is 8. The fourth-order valence-electron chi connectivity index (χ4n) is 4.01. The number of nitrogens with one attached hydrogen (secondary N) is 3. The Hall–Kier alpha value is -5.18. The SMILES string of the molecule is NC(N)=NCCCC(NC(=O)C(CC(=O)O)NC(=O)C(N)Cc1ccc(O)cc1)C(=O)NC(Cc1ccccc1)C(=O)O. The molecule has 0 saturated heterocycles. The quantitative estimate of drug-likeness (QED) is 0.0577. The highest BCUT2D eigenvalue weighted by atomic mass is 16.4. The number of aliphatic carboxylic acids is 2. The summed E-state index contributed by atoms with van der Waals surface area (Å²) in [4.78, 5) is 66.4. The largest absolute Gasteiger partial charge is 0.508 e. The lowest BCUT2D eigenvalue weighted by Gasteiger charge is -2.24. The number of carbonyl (C=O) groups excluding carboxylic acids is 3. The monoisotopic (exact) mass is 599 g/mol. The van der Waals surface area contributed by atoms with Crippen LogP contribution in [0.2, 0.25) is 0 Å². The molecule has 4 unspecified atom stereocenters. The molecule has 43 heavy (non-hydrogen) atoms. The van der Waals surface area contributed by atoms with E-state index in [1.807, 2.05) is 0 Å². The summed E-state index contributed by atoms with van der Waals surface area (Å²) in [6.45, 7) is 0.0930. The zero-order valence-electron chi connectivity index (χ0n) is 23.3. The number of hydrogen-bond donors (Lipinski definition) is 9. The van der Waals surface area contributed by atoms with Crippen molar-refractivity contribution >= 4 is 35.6 Å². The van der Waals surface area contributed by atoms with Crippen molar-refractivity contribution in [3.05, 3.63) is 65.7 Å². The van der Waals surface area contributed by atoms with Crippen molar-refractivity contribution in [1.29, 1.82) is 0 Å². The lowest BCUT2D eigenvalue weighted by molar-refractivity contribution is -0.143. The van der Waals surface area contributed by atoms with E-state index in [2.05, 4.69) is 20.9 Å². The van der Waals surface area contributed by atoms with E-state index in [9.17, 15) is 39.3 Å². The molecule has 0 heterocycles. The Balaban J connectivity index is 2.17. The number of aliphatic imine (C=N–C) groups is 1. The maximum atomic E-state index is 13.2. The lowest BCUT2D eigenvalue weighted by atomic mass is 10.0. The van der Waals surface area contributed by atoms with Gasteiger partial charge in [0.2, 0.25) is 17.7 Å². The Bertz CT molecular complexity index is 1280. The van der Waals surface area contributed by atoms with Crippen LogP contribution in [0.15, 0.2) is 59.6 Å². The van der Waals surface area contributed by atoms with E-state index < -0.39 is 60.2 Å². The normalized spacial score (nSPS) is 13.4. The van der Waals surface area contributed by atoms with Gasteiger partial charge >= 0.3 is 11.9 Å². The number of rotatable bonds is 17. The molecule has 232 valence electrons. The van der Waals surface area contributed by atoms with Crippen LogP contribution in [0.3, 0.4) is 0 Å². The van der Waals surface area contributed by atoms with Crippen molar-refractivity contribution in [2.75, 3.05) is 6.54 Å². The molecule has 0 aliphatic carbocycles. The van der Waals surface area contributed by atoms with E-state index in [1.165, 1.54) is 12.1 Å². The molecular formula is C28H37N7O8. The van der Waals surface area contributed by atoms with Gasteiger partial charge in [-0.2, -0.15) is 0 Å². The third-order valence-electron chi connectivity index (χ3n) is 6.22. The predicted octanol–water partition coefficient (Wildman–Crippen LogP) is -1.43. The zero-order chi connectivity index (χ0) is 31.9. The summed E-state index contributed by atoms with van der Waals surface area (Å²) in [5.41, 5.74) is 17.9. The van der Waals surface area contributed by atoms with Crippen molar-refractivity contribution < 1.29 is 39.3 Å². The smallest absolute Gasteiger partial charge is 0.326 e. The second kappa shape index (κ2) is 16.9. The number of amides is 3. The third kappa shape index (κ3) is 12.5. The molecule has 0 saturated carbocycles. The van der Waals surface area contributed by atoms with Crippen LogP contribution in [0.25, 0.3) is 0 Å². The maximum Gasteiger partial charge on any atom is 0.326 e. The van der Waals surface area contributed by atoms with Crippen LogP contribution in [0.1, 0.15) is 30.4 Å². The molecule has 2 rings (SSSR count). The maximum absolute atomic E-state index is 13.2. The molecule has 0 radical (unpaired) electrons. The number of phenolic OH excluding ortho intramolecular Hbond substituents is 1. The van der Waals surface area contributed by atoms with Crippen molar-refractivity contribution in [3.8, 4) is 5.75 Å². The van der Waals surface area contributed by atoms with E-state index in [0.717, 1.165) is 0 Å². The molecule has 15 heteroatoms. The number of nitrogens with two attached hydrogens (primary N) is 3. The minimum absolute atomic E-state index is 0.0200. The molecule has 3 amide bonds. The van der Waals surface area contributed by atoms with Gasteiger partial charge in [0.15, 0.2) is 5.96 Å². The summed E-state index contributed by atoms with van der Waals surface area (Å²) in [7, 11) is 0. The highest BCUT2D eigenvalue weighted by Crippen LogP contribution is 2.11. The third-order valence-corrected chi connectivity index (χ3v) is 6.22. The summed E-state index contributed by atoms with van der Waals surface area (Å²) in [5, 5.41) is 35.6. The first kappa shape index (κ1) is 34.0. The highest BCUT2D eigenvalue weighted by molar-refractivity contribution is 5.95. The Labute approximate surface area is 247 Å². The summed E-state index contributed by atoms with van der Waals surface area (Å²) >= 11 is 0. The second-order valence-electron chi connectivity index (χ2n) is 9.74. The molecule has 0 fully saturated rings. The molecule has 2 aromatic rings. The first-order chi connectivity index (χ1) is 20.3. The summed E-state index contributed by atoms with van der Waals surface area (Å²) in [5.74, 6) is -5.54. The number of guanidine groups is 1. The number of carbonyl (C=O) groups is 5. The molecule has 0 bridgehead atoms. The summed E-state index contributed by atoms with van der Waals surface area (Å²) in [6, 6.07) is 9.09. The fraction of sp³-hybridized carbons (Fsp3) is 0.357. The number of aromatic hydroxyl groups is 1. The predicted molar refractivity (Wildman–Crippen MR) is 156 cm³/mol. The Kier molecular flexibility index (Phi) is 13.4. The topological polar surface area (TPSA) is 273 Å². The molecule has 4 atom stereocenters. The van der Waals surface area contributed by atoms with Crippen LogP contribution in [0.5, 0.6) is 5.75 Å². The van der Waals surface area contributed by atoms with Gasteiger partial charge in [-0.05, 0) is 42.5 Å². The van der Waals surface area contributed by atoms with Gasteiger partial charge in [0.1, 0.15) is 23.9 Å². The van der Waals surface area contributed by atoms with Gasteiger partial charge in [0, 0.05) is 13.0 Å². The standard InChI is InChI=1S/C28H37N7O8/c29-19(13-17-8-10-18(36)11-9-17)24(39)34-21(15-23(37)38)26(41)33-20(7-4-12-32-28(30)31)25(40)35-22(27(42)43)14-16-5-2-1-3-6-16/h1-3,5-6,8-11,19-22,36H,4,7,12-15,29H2,(H,33,41)(H,34,39)(H,35,40)(H,37,38)(H,42,43)(H4,30,31,32). The molecule has 0 aromatic heterocycles. The van der Waals surface area contributed by atoms with E-state index in [0.29, 0.717) is 11.1 Å².